The molecule has 2 aromatic rings. The molecule has 0 aromatic heterocycles. The van der Waals surface area contributed by atoms with Crippen molar-refractivity contribution in [3.8, 4) is 5.75 Å². The lowest BCUT2D eigenvalue weighted by atomic mass is 10.1. The number of rotatable bonds is 6. The van der Waals surface area contributed by atoms with E-state index in [0.717, 1.165) is 25.7 Å². The van der Waals surface area contributed by atoms with E-state index in [4.69, 9.17) is 9.47 Å². The lowest BCUT2D eigenvalue weighted by Crippen LogP contribution is -2.22. The molecule has 1 aliphatic carbocycles. The Morgan fingerprint density at radius 1 is 0.931 bits per heavy atom. The molecule has 7 heteroatoms. The molecule has 0 atom stereocenters. The van der Waals surface area contributed by atoms with Crippen LogP contribution in [-0.2, 0) is 9.53 Å². The fourth-order valence-electron chi connectivity index (χ4n) is 3.24. The van der Waals surface area contributed by atoms with Crippen molar-refractivity contribution in [3.05, 3.63) is 54.1 Å². The summed E-state index contributed by atoms with van der Waals surface area (Å²) in [4.78, 5) is 36.3. The molecule has 3 rings (SSSR count). The fraction of sp³-hybridized carbons (Fsp3) is 0.318. The van der Waals surface area contributed by atoms with Crippen LogP contribution < -0.4 is 15.4 Å². The van der Waals surface area contributed by atoms with Crippen LogP contribution in [0.2, 0.25) is 0 Å². The van der Waals surface area contributed by atoms with Gasteiger partial charge in [-0.2, -0.15) is 0 Å². The van der Waals surface area contributed by atoms with Gasteiger partial charge in [0.05, 0.1) is 18.0 Å². The number of benzene rings is 2. The summed E-state index contributed by atoms with van der Waals surface area (Å²) >= 11 is 0. The minimum absolute atomic E-state index is 0.00957. The maximum Gasteiger partial charge on any atom is 0.513 e. The minimum atomic E-state index is -0.795. The molecule has 1 fully saturated rings. The first-order valence-electron chi connectivity index (χ1n) is 9.72. The lowest BCUT2D eigenvalue weighted by molar-refractivity contribution is -0.119. The van der Waals surface area contributed by atoms with Crippen molar-refractivity contribution in [2.45, 2.75) is 32.6 Å². The Kier molecular flexibility index (Phi) is 6.84. The molecule has 0 aliphatic heterocycles. The molecular weight excluding hydrogens is 372 g/mol. The van der Waals surface area contributed by atoms with Crippen LogP contribution in [0.3, 0.4) is 0 Å². The second-order valence-corrected chi connectivity index (χ2v) is 6.78. The first-order valence-corrected chi connectivity index (χ1v) is 9.72. The predicted molar refractivity (Wildman–Crippen MR) is 109 cm³/mol. The Morgan fingerprint density at radius 3 is 2.17 bits per heavy atom. The van der Waals surface area contributed by atoms with E-state index in [2.05, 4.69) is 10.6 Å². The predicted octanol–water partition coefficient (Wildman–Crippen LogP) is 4.60. The molecule has 7 nitrogen and oxygen atoms in total. The fourth-order valence-corrected chi connectivity index (χ4v) is 3.24. The average molecular weight is 396 g/mol. The summed E-state index contributed by atoms with van der Waals surface area (Å²) in [6.45, 7) is 1.90. The Morgan fingerprint density at radius 2 is 1.55 bits per heavy atom. The van der Waals surface area contributed by atoms with Crippen molar-refractivity contribution >= 4 is 29.3 Å². The Hall–Kier alpha value is -3.35. The van der Waals surface area contributed by atoms with E-state index < -0.39 is 6.16 Å². The van der Waals surface area contributed by atoms with E-state index in [1.54, 1.807) is 43.3 Å². The van der Waals surface area contributed by atoms with E-state index in [0.29, 0.717) is 16.9 Å². The van der Waals surface area contributed by atoms with Gasteiger partial charge in [0, 0.05) is 11.5 Å². The number of anilines is 2. The highest BCUT2D eigenvalue weighted by atomic mass is 16.7. The zero-order valence-corrected chi connectivity index (χ0v) is 16.3. The third-order valence-electron chi connectivity index (χ3n) is 4.74. The van der Waals surface area contributed by atoms with Crippen LogP contribution in [-0.4, -0.2) is 24.6 Å². The molecule has 152 valence electrons. The number of nitrogens with one attached hydrogen (secondary N) is 2. The van der Waals surface area contributed by atoms with Crippen molar-refractivity contribution < 1.29 is 23.9 Å². The summed E-state index contributed by atoms with van der Waals surface area (Å²) in [7, 11) is 0. The second-order valence-electron chi connectivity index (χ2n) is 6.78. The number of amides is 2. The SMILES string of the molecule is CCOC(=O)Oc1ccc(C(=O)Nc2ccccc2NC(=O)C2CCCC2)cc1. The zero-order chi connectivity index (χ0) is 20.6. The first-order chi connectivity index (χ1) is 14.1. The molecule has 1 saturated carbocycles. The summed E-state index contributed by atoms with van der Waals surface area (Å²) in [6, 6.07) is 13.2. The highest BCUT2D eigenvalue weighted by molar-refractivity contribution is 6.07. The van der Waals surface area contributed by atoms with E-state index in [1.807, 2.05) is 0 Å². The van der Waals surface area contributed by atoms with Gasteiger partial charge in [-0.3, -0.25) is 9.59 Å². The lowest BCUT2D eigenvalue weighted by Gasteiger charge is -2.15. The molecule has 1 aliphatic rings. The van der Waals surface area contributed by atoms with Crippen LogP contribution in [0.25, 0.3) is 0 Å². The minimum Gasteiger partial charge on any atom is -0.434 e. The molecular formula is C22H24N2O5. The molecule has 2 aromatic carbocycles. The van der Waals surface area contributed by atoms with Gasteiger partial charge >= 0.3 is 6.16 Å². The second kappa shape index (κ2) is 9.73. The van der Waals surface area contributed by atoms with Gasteiger partial charge in [0.25, 0.3) is 5.91 Å². The highest BCUT2D eigenvalue weighted by Gasteiger charge is 2.23. The van der Waals surface area contributed by atoms with Crippen LogP contribution in [0.15, 0.2) is 48.5 Å². The van der Waals surface area contributed by atoms with Crippen LogP contribution in [0.5, 0.6) is 5.75 Å². The van der Waals surface area contributed by atoms with Gasteiger partial charge in [-0.05, 0) is 56.2 Å². The monoisotopic (exact) mass is 396 g/mol. The molecule has 0 unspecified atom stereocenters. The summed E-state index contributed by atoms with van der Waals surface area (Å²) in [5.74, 6) is -0.0326. The van der Waals surface area contributed by atoms with Crippen molar-refractivity contribution in [1.29, 1.82) is 0 Å². The van der Waals surface area contributed by atoms with E-state index in [9.17, 15) is 14.4 Å². The van der Waals surface area contributed by atoms with Crippen LogP contribution in [0, 0.1) is 5.92 Å². The molecule has 0 heterocycles. The van der Waals surface area contributed by atoms with Crippen molar-refractivity contribution in [1.82, 2.24) is 0 Å². The third kappa shape index (κ3) is 5.57. The average Bonchev–Trinajstić information content (AvgIpc) is 3.25. The van der Waals surface area contributed by atoms with Gasteiger partial charge in [0.2, 0.25) is 5.91 Å². The summed E-state index contributed by atoms with van der Waals surface area (Å²) in [6.07, 6.45) is 3.16. The Balaban J connectivity index is 1.64. The van der Waals surface area contributed by atoms with Gasteiger partial charge in [0.1, 0.15) is 5.75 Å². The Labute approximate surface area is 169 Å². The smallest absolute Gasteiger partial charge is 0.434 e. The van der Waals surface area contributed by atoms with Gasteiger partial charge in [0.15, 0.2) is 0 Å². The molecule has 2 amide bonds. The quantitative estimate of drug-likeness (QED) is 0.550. The van der Waals surface area contributed by atoms with Crippen LogP contribution in [0.4, 0.5) is 16.2 Å². The van der Waals surface area contributed by atoms with Gasteiger partial charge < -0.3 is 20.1 Å². The van der Waals surface area contributed by atoms with Crippen molar-refractivity contribution in [3.63, 3.8) is 0 Å². The molecule has 29 heavy (non-hydrogen) atoms. The number of carbonyl (C=O) groups excluding carboxylic acids is 3. The largest absolute Gasteiger partial charge is 0.513 e. The molecule has 0 bridgehead atoms. The van der Waals surface area contributed by atoms with Gasteiger partial charge in [-0.1, -0.05) is 25.0 Å². The number of ether oxygens (including phenoxy) is 2. The van der Waals surface area contributed by atoms with Gasteiger partial charge in [-0.15, -0.1) is 0 Å². The number of para-hydroxylation sites is 2. The summed E-state index contributed by atoms with van der Waals surface area (Å²) in [5.41, 5.74) is 1.48. The third-order valence-corrected chi connectivity index (χ3v) is 4.74. The van der Waals surface area contributed by atoms with E-state index in [-0.39, 0.29) is 30.1 Å². The first kappa shape index (κ1) is 20.4. The zero-order valence-electron chi connectivity index (χ0n) is 16.3. The summed E-state index contributed by atoms with van der Waals surface area (Å²) in [5, 5.41) is 5.74. The number of hydrogen-bond acceptors (Lipinski definition) is 5. The normalized spacial score (nSPS) is 13.6. The maximum absolute atomic E-state index is 12.6. The summed E-state index contributed by atoms with van der Waals surface area (Å²) < 4.78 is 9.69. The van der Waals surface area contributed by atoms with Crippen LogP contribution >= 0.6 is 0 Å². The Bertz CT molecular complexity index is 873. The molecule has 2 N–H and O–H groups in total. The van der Waals surface area contributed by atoms with E-state index >= 15 is 0 Å². The van der Waals surface area contributed by atoms with Crippen LogP contribution in [0.1, 0.15) is 43.0 Å². The molecule has 0 saturated heterocycles. The number of hydrogen-bond donors (Lipinski definition) is 2. The topological polar surface area (TPSA) is 93.7 Å². The van der Waals surface area contributed by atoms with Gasteiger partial charge in [-0.25, -0.2) is 4.79 Å². The molecule has 0 spiro atoms. The molecule has 0 radical (unpaired) electrons. The van der Waals surface area contributed by atoms with Crippen molar-refractivity contribution in [2.75, 3.05) is 17.2 Å². The standard InChI is InChI=1S/C22H24N2O5/c1-2-28-22(27)29-17-13-11-16(12-14-17)21(26)24-19-10-6-5-9-18(19)23-20(25)15-7-3-4-8-15/h5-6,9-15H,2-4,7-8H2,1H3,(H,23,25)(H,24,26). The highest BCUT2D eigenvalue weighted by Crippen LogP contribution is 2.28. The van der Waals surface area contributed by atoms with E-state index in [1.165, 1.54) is 12.1 Å². The van der Waals surface area contributed by atoms with Crippen molar-refractivity contribution in [2.24, 2.45) is 5.92 Å². The maximum atomic E-state index is 12.6. The number of carbonyl (C=O) groups is 3.